The lowest BCUT2D eigenvalue weighted by Crippen LogP contribution is -2.45. The molecule has 0 aromatic heterocycles. The SMILES string of the molecule is C#Cc1cc(F)c(NC(=O)NCC2(CO)CCOCC2)c(F)c1. The summed E-state index contributed by atoms with van der Waals surface area (Å²) in [7, 11) is 0. The van der Waals surface area contributed by atoms with Crippen molar-refractivity contribution in [3.63, 3.8) is 0 Å². The van der Waals surface area contributed by atoms with Gasteiger partial charge in [-0.25, -0.2) is 13.6 Å². The van der Waals surface area contributed by atoms with E-state index in [0.29, 0.717) is 26.1 Å². The van der Waals surface area contributed by atoms with Crippen LogP contribution in [0.5, 0.6) is 0 Å². The van der Waals surface area contributed by atoms with E-state index in [1.54, 1.807) is 0 Å². The second-order valence-corrected chi connectivity index (χ2v) is 5.54. The van der Waals surface area contributed by atoms with Crippen LogP contribution in [0, 0.1) is 29.4 Å². The van der Waals surface area contributed by atoms with Gasteiger partial charge >= 0.3 is 6.03 Å². The molecule has 2 rings (SSSR count). The standard InChI is InChI=1S/C16H18F2N2O3/c1-2-11-7-12(17)14(13(18)8-11)20-15(22)19-9-16(10-21)3-5-23-6-4-16/h1,7-8,21H,3-6,9-10H2,(H2,19,20,22). The van der Waals surface area contributed by atoms with Gasteiger partial charge in [0, 0.05) is 30.7 Å². The highest BCUT2D eigenvalue weighted by Crippen LogP contribution is 2.29. The Bertz CT molecular complexity index is 599. The molecule has 0 spiro atoms. The van der Waals surface area contributed by atoms with Crippen LogP contribution in [0.25, 0.3) is 0 Å². The number of hydrogen-bond acceptors (Lipinski definition) is 3. The molecule has 1 heterocycles. The van der Waals surface area contributed by atoms with Crippen LogP contribution in [0.3, 0.4) is 0 Å². The number of amides is 2. The Morgan fingerprint density at radius 3 is 2.48 bits per heavy atom. The minimum absolute atomic E-state index is 0.0485. The first kappa shape index (κ1) is 17.2. The van der Waals surface area contributed by atoms with E-state index in [1.165, 1.54) is 0 Å². The van der Waals surface area contributed by atoms with Crippen molar-refractivity contribution < 1.29 is 23.4 Å². The van der Waals surface area contributed by atoms with Crippen molar-refractivity contribution in [1.82, 2.24) is 5.32 Å². The molecular formula is C16H18F2N2O3. The second kappa shape index (κ2) is 7.40. The summed E-state index contributed by atoms with van der Waals surface area (Å²) < 4.78 is 32.7. The average molecular weight is 324 g/mol. The number of aliphatic hydroxyl groups excluding tert-OH is 1. The molecule has 0 radical (unpaired) electrons. The van der Waals surface area contributed by atoms with E-state index in [0.717, 1.165) is 12.1 Å². The first-order valence-corrected chi connectivity index (χ1v) is 7.19. The molecule has 0 saturated carbocycles. The van der Waals surface area contributed by atoms with Gasteiger partial charge in [-0.3, -0.25) is 0 Å². The van der Waals surface area contributed by atoms with Gasteiger partial charge in [-0.15, -0.1) is 6.42 Å². The lowest BCUT2D eigenvalue weighted by Gasteiger charge is -2.35. The van der Waals surface area contributed by atoms with Gasteiger partial charge in [0.2, 0.25) is 0 Å². The van der Waals surface area contributed by atoms with Crippen LogP contribution in [0.15, 0.2) is 12.1 Å². The second-order valence-electron chi connectivity index (χ2n) is 5.54. The zero-order valence-electron chi connectivity index (χ0n) is 12.5. The molecule has 5 nitrogen and oxygen atoms in total. The molecule has 124 valence electrons. The normalized spacial score (nSPS) is 16.4. The molecule has 1 fully saturated rings. The summed E-state index contributed by atoms with van der Waals surface area (Å²) in [5.74, 6) is 0.226. The molecule has 3 N–H and O–H groups in total. The molecule has 1 aromatic carbocycles. The van der Waals surface area contributed by atoms with Gasteiger partial charge in [-0.2, -0.15) is 0 Å². The Kier molecular flexibility index (Phi) is 5.53. The van der Waals surface area contributed by atoms with Gasteiger partial charge in [0.1, 0.15) is 5.69 Å². The van der Waals surface area contributed by atoms with Crippen LogP contribution in [-0.2, 0) is 4.74 Å². The monoisotopic (exact) mass is 324 g/mol. The Labute approximate surface area is 133 Å². The average Bonchev–Trinajstić information content (AvgIpc) is 2.57. The fourth-order valence-electron chi connectivity index (χ4n) is 2.40. The van der Waals surface area contributed by atoms with Gasteiger partial charge in [-0.1, -0.05) is 5.92 Å². The molecular weight excluding hydrogens is 306 g/mol. The number of anilines is 1. The fourth-order valence-corrected chi connectivity index (χ4v) is 2.40. The number of carbonyl (C=O) groups is 1. The molecule has 0 unspecified atom stereocenters. The maximum Gasteiger partial charge on any atom is 0.319 e. The van der Waals surface area contributed by atoms with Crippen LogP contribution in [0.1, 0.15) is 18.4 Å². The highest BCUT2D eigenvalue weighted by Gasteiger charge is 2.32. The smallest absolute Gasteiger partial charge is 0.319 e. The maximum atomic E-state index is 13.8. The number of aliphatic hydroxyl groups is 1. The summed E-state index contributed by atoms with van der Waals surface area (Å²) in [6.45, 7) is 1.09. The minimum atomic E-state index is -0.948. The molecule has 1 aliphatic heterocycles. The predicted octanol–water partition coefficient (Wildman–Crippen LogP) is 1.86. The van der Waals surface area contributed by atoms with Crippen LogP contribution >= 0.6 is 0 Å². The highest BCUT2D eigenvalue weighted by atomic mass is 19.1. The van der Waals surface area contributed by atoms with E-state index in [1.807, 2.05) is 0 Å². The molecule has 0 atom stereocenters. The summed E-state index contributed by atoms with van der Waals surface area (Å²) in [6.07, 6.45) is 6.28. The number of terminal acetylenes is 1. The van der Waals surface area contributed by atoms with Gasteiger partial charge in [0.25, 0.3) is 0 Å². The minimum Gasteiger partial charge on any atom is -0.396 e. The van der Waals surface area contributed by atoms with Crippen molar-refractivity contribution in [3.05, 3.63) is 29.3 Å². The van der Waals surface area contributed by atoms with E-state index < -0.39 is 28.8 Å². The summed E-state index contributed by atoms with van der Waals surface area (Å²) in [5.41, 5.74) is -0.987. The van der Waals surface area contributed by atoms with Crippen molar-refractivity contribution in [2.24, 2.45) is 5.41 Å². The Morgan fingerprint density at radius 2 is 1.96 bits per heavy atom. The largest absolute Gasteiger partial charge is 0.396 e. The molecule has 0 aliphatic carbocycles. The molecule has 7 heteroatoms. The lowest BCUT2D eigenvalue weighted by molar-refractivity contribution is -0.0136. The number of urea groups is 1. The van der Waals surface area contributed by atoms with Crippen LogP contribution < -0.4 is 10.6 Å². The van der Waals surface area contributed by atoms with E-state index in [4.69, 9.17) is 11.2 Å². The van der Waals surface area contributed by atoms with Gasteiger partial charge in [0.05, 0.1) is 6.61 Å². The first-order valence-electron chi connectivity index (χ1n) is 7.19. The van der Waals surface area contributed by atoms with E-state index in [-0.39, 0.29) is 18.7 Å². The zero-order chi connectivity index (χ0) is 16.9. The van der Waals surface area contributed by atoms with Crippen LogP contribution in [-0.4, -0.2) is 37.5 Å². The first-order chi connectivity index (χ1) is 11.0. The number of halogens is 2. The Hall–Kier alpha value is -2.17. The molecule has 1 aliphatic rings. The van der Waals surface area contributed by atoms with Crippen LogP contribution in [0.2, 0.25) is 0 Å². The van der Waals surface area contributed by atoms with Crippen LogP contribution in [0.4, 0.5) is 19.3 Å². The summed E-state index contributed by atoms with van der Waals surface area (Å²) in [4.78, 5) is 11.9. The number of carbonyl (C=O) groups excluding carboxylic acids is 1. The predicted molar refractivity (Wildman–Crippen MR) is 80.9 cm³/mol. The van der Waals surface area contributed by atoms with Gasteiger partial charge in [0.15, 0.2) is 11.6 Å². The third kappa shape index (κ3) is 4.18. The van der Waals surface area contributed by atoms with Crippen molar-refractivity contribution >= 4 is 11.7 Å². The van der Waals surface area contributed by atoms with Crippen molar-refractivity contribution in [3.8, 4) is 12.3 Å². The highest BCUT2D eigenvalue weighted by molar-refractivity contribution is 5.89. The van der Waals surface area contributed by atoms with E-state index in [9.17, 15) is 18.7 Å². The lowest BCUT2D eigenvalue weighted by atomic mass is 9.81. The number of ether oxygens (including phenoxy) is 1. The number of hydrogen-bond donors (Lipinski definition) is 3. The molecule has 1 aromatic rings. The van der Waals surface area contributed by atoms with Crippen molar-refractivity contribution in [2.75, 3.05) is 31.7 Å². The third-order valence-electron chi connectivity index (χ3n) is 3.96. The number of nitrogens with one attached hydrogen (secondary N) is 2. The Balaban J connectivity index is 1.99. The number of benzene rings is 1. The Morgan fingerprint density at radius 1 is 1.35 bits per heavy atom. The molecule has 23 heavy (non-hydrogen) atoms. The summed E-state index contributed by atoms with van der Waals surface area (Å²) in [6, 6.07) is 1.18. The molecule has 0 bridgehead atoms. The maximum absolute atomic E-state index is 13.8. The van der Waals surface area contributed by atoms with Gasteiger partial charge in [-0.05, 0) is 25.0 Å². The molecule has 1 saturated heterocycles. The van der Waals surface area contributed by atoms with Crippen molar-refractivity contribution in [2.45, 2.75) is 12.8 Å². The topological polar surface area (TPSA) is 70.6 Å². The van der Waals surface area contributed by atoms with E-state index in [2.05, 4.69) is 16.6 Å². The zero-order valence-corrected chi connectivity index (χ0v) is 12.5. The molecule has 2 amide bonds. The number of rotatable bonds is 4. The fraction of sp³-hybridized carbons (Fsp3) is 0.438. The summed E-state index contributed by atoms with van der Waals surface area (Å²) >= 11 is 0. The third-order valence-corrected chi connectivity index (χ3v) is 3.96. The van der Waals surface area contributed by atoms with Crippen molar-refractivity contribution in [1.29, 1.82) is 0 Å². The van der Waals surface area contributed by atoms with Gasteiger partial charge < -0.3 is 20.5 Å². The quantitative estimate of drug-likeness (QED) is 0.740. The van der Waals surface area contributed by atoms with E-state index >= 15 is 0 Å². The summed E-state index contributed by atoms with van der Waals surface area (Å²) in [5, 5.41) is 14.2.